The van der Waals surface area contributed by atoms with Gasteiger partial charge in [0, 0.05) is 24.6 Å². The number of hydrogen-bond donors (Lipinski definition) is 0. The molecule has 1 fully saturated rings. The Hall–Kier alpha value is -1.75. The van der Waals surface area contributed by atoms with Crippen molar-refractivity contribution in [2.45, 2.75) is 19.8 Å². The quantitative estimate of drug-likeness (QED) is 0.690. The van der Waals surface area contributed by atoms with Crippen LogP contribution in [-0.2, 0) is 11.2 Å². The standard InChI is InChI=1S/C14H15NO/c1-3-11-5-7-13(8-6-11)15-10-12(4-2)9-14(15)16/h2,5-8,12H,3,9-10H2,1H3. The van der Waals surface area contributed by atoms with Gasteiger partial charge in [-0.1, -0.05) is 19.1 Å². The first-order chi connectivity index (χ1) is 7.74. The van der Waals surface area contributed by atoms with E-state index in [0.717, 1.165) is 12.1 Å². The lowest BCUT2D eigenvalue weighted by Gasteiger charge is -2.16. The van der Waals surface area contributed by atoms with Crippen LogP contribution < -0.4 is 4.90 Å². The van der Waals surface area contributed by atoms with Gasteiger partial charge in [0.2, 0.25) is 5.91 Å². The second-order valence-electron chi connectivity index (χ2n) is 4.09. The van der Waals surface area contributed by atoms with Gasteiger partial charge in [0.05, 0.1) is 0 Å². The minimum Gasteiger partial charge on any atom is -0.311 e. The summed E-state index contributed by atoms with van der Waals surface area (Å²) >= 11 is 0. The molecule has 2 nitrogen and oxygen atoms in total. The lowest BCUT2D eigenvalue weighted by molar-refractivity contribution is -0.117. The monoisotopic (exact) mass is 213 g/mol. The van der Waals surface area contributed by atoms with E-state index in [1.54, 1.807) is 4.90 Å². The van der Waals surface area contributed by atoms with Crippen molar-refractivity contribution in [2.75, 3.05) is 11.4 Å². The van der Waals surface area contributed by atoms with Gasteiger partial charge in [-0.2, -0.15) is 0 Å². The summed E-state index contributed by atoms with van der Waals surface area (Å²) in [5.74, 6) is 2.85. The number of hydrogen-bond acceptors (Lipinski definition) is 1. The topological polar surface area (TPSA) is 20.3 Å². The van der Waals surface area contributed by atoms with E-state index in [2.05, 4.69) is 25.0 Å². The molecule has 82 valence electrons. The van der Waals surface area contributed by atoms with Crippen LogP contribution in [0, 0.1) is 18.3 Å². The third kappa shape index (κ3) is 1.94. The molecule has 1 atom stereocenters. The molecule has 0 aromatic heterocycles. The van der Waals surface area contributed by atoms with Crippen molar-refractivity contribution in [3.05, 3.63) is 29.8 Å². The second kappa shape index (κ2) is 4.40. The predicted molar refractivity (Wildman–Crippen MR) is 65.1 cm³/mol. The second-order valence-corrected chi connectivity index (χ2v) is 4.09. The first-order valence-electron chi connectivity index (χ1n) is 5.60. The smallest absolute Gasteiger partial charge is 0.228 e. The maximum Gasteiger partial charge on any atom is 0.228 e. The van der Waals surface area contributed by atoms with Crippen molar-refractivity contribution in [1.29, 1.82) is 0 Å². The molecule has 16 heavy (non-hydrogen) atoms. The van der Waals surface area contributed by atoms with Crippen molar-refractivity contribution < 1.29 is 4.79 Å². The van der Waals surface area contributed by atoms with Gasteiger partial charge in [-0.05, 0) is 24.1 Å². The zero-order valence-corrected chi connectivity index (χ0v) is 9.44. The SMILES string of the molecule is C#CC1CC(=O)N(c2ccc(CC)cc2)C1. The summed E-state index contributed by atoms with van der Waals surface area (Å²) in [5, 5.41) is 0. The molecule has 1 saturated heterocycles. The molecule has 0 saturated carbocycles. The summed E-state index contributed by atoms with van der Waals surface area (Å²) in [4.78, 5) is 13.5. The Morgan fingerprint density at radius 2 is 2.12 bits per heavy atom. The Labute approximate surface area is 96.3 Å². The van der Waals surface area contributed by atoms with E-state index in [9.17, 15) is 4.79 Å². The first kappa shape index (κ1) is 10.8. The summed E-state index contributed by atoms with van der Waals surface area (Å²) in [6, 6.07) is 8.11. The summed E-state index contributed by atoms with van der Waals surface area (Å²) in [7, 11) is 0. The number of terminal acetylenes is 1. The number of amides is 1. The minimum atomic E-state index is 0.0679. The number of benzene rings is 1. The number of carbonyl (C=O) groups excluding carboxylic acids is 1. The molecule has 1 aromatic carbocycles. The Bertz CT molecular complexity index is 427. The van der Waals surface area contributed by atoms with Crippen LogP contribution in [0.1, 0.15) is 18.9 Å². The molecule has 0 aliphatic carbocycles. The Morgan fingerprint density at radius 1 is 1.44 bits per heavy atom. The van der Waals surface area contributed by atoms with Gasteiger partial charge in [-0.25, -0.2) is 0 Å². The molecule has 0 bridgehead atoms. The number of aryl methyl sites for hydroxylation is 1. The molecular formula is C14H15NO. The molecule has 1 aromatic rings. The van der Waals surface area contributed by atoms with Gasteiger partial charge in [0.25, 0.3) is 0 Å². The highest BCUT2D eigenvalue weighted by molar-refractivity contribution is 5.96. The normalized spacial score (nSPS) is 19.9. The van der Waals surface area contributed by atoms with E-state index >= 15 is 0 Å². The predicted octanol–water partition coefficient (Wildman–Crippen LogP) is 2.24. The zero-order chi connectivity index (χ0) is 11.5. The zero-order valence-electron chi connectivity index (χ0n) is 9.44. The largest absolute Gasteiger partial charge is 0.311 e. The average Bonchev–Trinajstić information content (AvgIpc) is 2.71. The molecule has 0 spiro atoms. The van der Waals surface area contributed by atoms with Gasteiger partial charge in [0.15, 0.2) is 0 Å². The molecule has 0 radical (unpaired) electrons. The molecule has 1 unspecified atom stereocenters. The molecule has 0 N–H and O–H groups in total. The maximum absolute atomic E-state index is 11.7. The first-order valence-corrected chi connectivity index (χ1v) is 5.60. The summed E-state index contributed by atoms with van der Waals surface area (Å²) in [6.45, 7) is 2.77. The van der Waals surface area contributed by atoms with Gasteiger partial charge in [-0.15, -0.1) is 12.3 Å². The number of rotatable bonds is 2. The fraction of sp³-hybridized carbons (Fsp3) is 0.357. The number of nitrogens with zero attached hydrogens (tertiary/aromatic N) is 1. The molecule has 1 aliphatic rings. The van der Waals surface area contributed by atoms with Crippen LogP contribution in [0.5, 0.6) is 0 Å². The minimum absolute atomic E-state index is 0.0679. The van der Waals surface area contributed by atoms with Crippen LogP contribution in [0.3, 0.4) is 0 Å². The highest BCUT2D eigenvalue weighted by atomic mass is 16.2. The van der Waals surface area contributed by atoms with Crippen molar-refractivity contribution >= 4 is 11.6 Å². The molecule has 2 rings (SSSR count). The van der Waals surface area contributed by atoms with Crippen molar-refractivity contribution in [3.8, 4) is 12.3 Å². The van der Waals surface area contributed by atoms with E-state index in [0.29, 0.717) is 13.0 Å². The van der Waals surface area contributed by atoms with Crippen LogP contribution in [-0.4, -0.2) is 12.5 Å². The molecule has 1 aliphatic heterocycles. The van der Waals surface area contributed by atoms with E-state index in [4.69, 9.17) is 6.42 Å². The fourth-order valence-corrected chi connectivity index (χ4v) is 1.98. The van der Waals surface area contributed by atoms with Crippen molar-refractivity contribution in [3.63, 3.8) is 0 Å². The van der Waals surface area contributed by atoms with Crippen LogP contribution in [0.15, 0.2) is 24.3 Å². The van der Waals surface area contributed by atoms with Crippen LogP contribution in [0.25, 0.3) is 0 Å². The summed E-state index contributed by atoms with van der Waals surface area (Å²) in [6.07, 6.45) is 6.85. The van der Waals surface area contributed by atoms with Crippen LogP contribution in [0.2, 0.25) is 0 Å². The average molecular weight is 213 g/mol. The Balaban J connectivity index is 2.18. The van der Waals surface area contributed by atoms with E-state index < -0.39 is 0 Å². The van der Waals surface area contributed by atoms with Crippen molar-refractivity contribution in [2.24, 2.45) is 5.92 Å². The summed E-state index contributed by atoms with van der Waals surface area (Å²) in [5.41, 5.74) is 2.24. The summed E-state index contributed by atoms with van der Waals surface area (Å²) < 4.78 is 0. The van der Waals surface area contributed by atoms with Gasteiger partial charge >= 0.3 is 0 Å². The highest BCUT2D eigenvalue weighted by Crippen LogP contribution is 2.24. The number of carbonyl (C=O) groups is 1. The van der Waals surface area contributed by atoms with E-state index in [1.807, 2.05) is 12.1 Å². The van der Waals surface area contributed by atoms with Crippen LogP contribution in [0.4, 0.5) is 5.69 Å². The maximum atomic E-state index is 11.7. The van der Waals surface area contributed by atoms with Crippen LogP contribution >= 0.6 is 0 Å². The van der Waals surface area contributed by atoms with Crippen molar-refractivity contribution in [1.82, 2.24) is 0 Å². The Morgan fingerprint density at radius 3 is 2.62 bits per heavy atom. The lowest BCUT2D eigenvalue weighted by Crippen LogP contribution is -2.24. The fourth-order valence-electron chi connectivity index (χ4n) is 1.98. The van der Waals surface area contributed by atoms with Gasteiger partial charge < -0.3 is 4.90 Å². The van der Waals surface area contributed by atoms with E-state index in [1.165, 1.54) is 5.56 Å². The van der Waals surface area contributed by atoms with Gasteiger partial charge in [-0.3, -0.25) is 4.79 Å². The number of anilines is 1. The third-order valence-electron chi connectivity index (χ3n) is 3.02. The molecule has 1 amide bonds. The third-order valence-corrected chi connectivity index (χ3v) is 3.02. The molecule has 1 heterocycles. The van der Waals surface area contributed by atoms with E-state index in [-0.39, 0.29) is 11.8 Å². The highest BCUT2D eigenvalue weighted by Gasteiger charge is 2.29. The molecule has 2 heteroatoms. The van der Waals surface area contributed by atoms with Gasteiger partial charge in [0.1, 0.15) is 0 Å². The lowest BCUT2D eigenvalue weighted by atomic mass is 10.1. The molecular weight excluding hydrogens is 198 g/mol. The Kier molecular flexibility index (Phi) is 2.96.